The fraction of sp³-hybridized carbons (Fsp3) is 0.758. The molecule has 0 aromatic rings. The van der Waals surface area contributed by atoms with Crippen LogP contribution in [-0.4, -0.2) is 66.5 Å². The number of allylic oxidation sites excluding steroid dienone is 12. The fourth-order valence-electron chi connectivity index (χ4n) is 8.08. The maximum atomic E-state index is 12.9. The lowest BCUT2D eigenvalue weighted by Gasteiger charge is -2.21. The Labute approximate surface area is 452 Å². The van der Waals surface area contributed by atoms with E-state index < -0.39 is 57.8 Å². The van der Waals surface area contributed by atoms with Gasteiger partial charge in [-0.05, 0) is 89.9 Å². The van der Waals surface area contributed by atoms with Gasteiger partial charge < -0.3 is 24.2 Å². The molecule has 0 aromatic heterocycles. The number of phosphoric acid groups is 1. The van der Waals surface area contributed by atoms with Gasteiger partial charge in [0.05, 0.1) is 19.8 Å². The zero-order chi connectivity index (χ0) is 54.1. The van der Waals surface area contributed by atoms with Crippen molar-refractivity contribution in [1.29, 1.82) is 0 Å². The van der Waals surface area contributed by atoms with Gasteiger partial charge in [-0.3, -0.25) is 23.4 Å². The summed E-state index contributed by atoms with van der Waals surface area (Å²) in [7, 11) is -4.76. The van der Waals surface area contributed by atoms with Gasteiger partial charge in [0.1, 0.15) is 12.7 Å². The van der Waals surface area contributed by atoms with Crippen LogP contribution in [0.1, 0.15) is 265 Å². The summed E-state index contributed by atoms with van der Waals surface area (Å²) in [5.74, 6) is -1.50. The summed E-state index contributed by atoms with van der Waals surface area (Å²) in [6, 6.07) is 0. The normalized spacial score (nSPS) is 13.9. The number of rotatable bonds is 55. The summed E-state index contributed by atoms with van der Waals surface area (Å²) in [6.45, 7) is 4.49. The molecule has 12 heteroatoms. The summed E-state index contributed by atoms with van der Waals surface area (Å²) in [4.78, 5) is 48.6. The Hall–Kier alpha value is -3.08. The van der Waals surface area contributed by atoms with Crippen LogP contribution in [0.5, 0.6) is 0 Å². The highest BCUT2D eigenvalue weighted by Gasteiger charge is 2.28. The lowest BCUT2D eigenvalue weighted by atomic mass is 10.0. The molecule has 0 saturated heterocycles. The standard InChI is InChI=1S/C62H109O11P/c1-4-7-10-13-16-19-22-25-28-29-32-35-38-41-44-47-50-53-62(66)73-59(55-69-60(64)51-48-45-42-39-36-33-30-26-23-20-17-14-11-8-5-2)57-71-74(67,68)70-56-58(54-63)72-61(65)52-49-46-43-40-37-34-31-27-24-21-18-15-12-9-6-3/h7,10,16-17,19-20,25-26,28,30,32,35,58-59,63H,4-6,8-9,11-15,18,21-24,27,29,31,33-34,36-57H2,1-3H3,(H,67,68)/b10-7-,19-16-,20-17-,28-25-,30-26-,35-32-. The second kappa shape index (κ2) is 56.1. The van der Waals surface area contributed by atoms with E-state index >= 15 is 0 Å². The van der Waals surface area contributed by atoms with Gasteiger partial charge in [-0.15, -0.1) is 0 Å². The number of hydrogen-bond donors (Lipinski definition) is 2. The van der Waals surface area contributed by atoms with Crippen LogP contribution in [-0.2, 0) is 42.2 Å². The van der Waals surface area contributed by atoms with Gasteiger partial charge in [0.2, 0.25) is 0 Å². The Morgan fingerprint density at radius 2 is 0.703 bits per heavy atom. The summed E-state index contributed by atoms with van der Waals surface area (Å²) in [5.41, 5.74) is 0. The molecule has 0 amide bonds. The van der Waals surface area contributed by atoms with E-state index in [1.165, 1.54) is 89.9 Å². The molecule has 0 aromatic carbocycles. The molecule has 0 aliphatic heterocycles. The Balaban J connectivity index is 4.76. The predicted octanol–water partition coefficient (Wildman–Crippen LogP) is 17.7. The van der Waals surface area contributed by atoms with Crippen molar-refractivity contribution >= 4 is 25.7 Å². The van der Waals surface area contributed by atoms with Gasteiger partial charge in [-0.25, -0.2) is 4.57 Å². The first kappa shape index (κ1) is 70.9. The van der Waals surface area contributed by atoms with Crippen LogP contribution in [0, 0.1) is 0 Å². The third-order valence-corrected chi connectivity index (χ3v) is 13.6. The molecule has 0 bridgehead atoms. The van der Waals surface area contributed by atoms with Crippen molar-refractivity contribution in [3.8, 4) is 0 Å². The van der Waals surface area contributed by atoms with Crippen LogP contribution in [0.2, 0.25) is 0 Å². The van der Waals surface area contributed by atoms with Crippen LogP contribution >= 0.6 is 7.82 Å². The molecule has 3 atom stereocenters. The molecule has 3 unspecified atom stereocenters. The molecule has 0 aliphatic rings. The van der Waals surface area contributed by atoms with Crippen LogP contribution < -0.4 is 0 Å². The third kappa shape index (κ3) is 53.7. The van der Waals surface area contributed by atoms with Crippen LogP contribution in [0.4, 0.5) is 0 Å². The third-order valence-electron chi connectivity index (χ3n) is 12.6. The number of hydrogen-bond acceptors (Lipinski definition) is 10. The van der Waals surface area contributed by atoms with E-state index in [1.807, 2.05) is 0 Å². The Bertz CT molecular complexity index is 1520. The van der Waals surface area contributed by atoms with Gasteiger partial charge in [0, 0.05) is 19.3 Å². The van der Waals surface area contributed by atoms with Crippen molar-refractivity contribution < 1.29 is 52.2 Å². The second-order valence-corrected chi connectivity index (χ2v) is 21.2. The maximum absolute atomic E-state index is 12.9. The van der Waals surface area contributed by atoms with E-state index in [0.717, 1.165) is 116 Å². The minimum absolute atomic E-state index is 0.136. The van der Waals surface area contributed by atoms with E-state index in [2.05, 4.69) is 93.7 Å². The number of aliphatic hydroxyl groups excluding tert-OH is 1. The van der Waals surface area contributed by atoms with Crippen molar-refractivity contribution in [2.75, 3.05) is 26.4 Å². The van der Waals surface area contributed by atoms with Gasteiger partial charge in [-0.2, -0.15) is 0 Å². The summed E-state index contributed by atoms with van der Waals surface area (Å²) < 4.78 is 39.5. The monoisotopic (exact) mass is 1060 g/mol. The zero-order valence-electron chi connectivity index (χ0n) is 47.3. The molecular formula is C62H109O11P. The number of carbonyl (C=O) groups excluding carboxylic acids is 3. The van der Waals surface area contributed by atoms with Crippen molar-refractivity contribution in [2.24, 2.45) is 0 Å². The average molecular weight is 1060 g/mol. The van der Waals surface area contributed by atoms with Crippen molar-refractivity contribution in [1.82, 2.24) is 0 Å². The summed E-state index contributed by atoms with van der Waals surface area (Å²) in [6.07, 6.45) is 62.8. The number of carbonyl (C=O) groups is 3. The van der Waals surface area contributed by atoms with E-state index in [0.29, 0.717) is 19.3 Å². The maximum Gasteiger partial charge on any atom is 0.472 e. The molecule has 74 heavy (non-hydrogen) atoms. The Morgan fingerprint density at radius 1 is 0.392 bits per heavy atom. The van der Waals surface area contributed by atoms with Gasteiger partial charge in [-0.1, -0.05) is 229 Å². The van der Waals surface area contributed by atoms with Crippen molar-refractivity contribution in [2.45, 2.75) is 277 Å². The number of ether oxygens (including phenoxy) is 3. The van der Waals surface area contributed by atoms with Crippen LogP contribution in [0.15, 0.2) is 72.9 Å². The highest BCUT2D eigenvalue weighted by molar-refractivity contribution is 7.47. The predicted molar refractivity (Wildman–Crippen MR) is 307 cm³/mol. The van der Waals surface area contributed by atoms with Gasteiger partial charge in [0.25, 0.3) is 0 Å². The lowest BCUT2D eigenvalue weighted by molar-refractivity contribution is -0.161. The van der Waals surface area contributed by atoms with Gasteiger partial charge >= 0.3 is 25.7 Å². The SMILES string of the molecule is CC/C=C\C/C=C\C/C=C\C/C=C\CCCCCCC(=O)OC(COC(=O)CCCCCCC/C=C\C/C=C\CCCCC)COP(=O)(O)OCC(CO)OC(=O)CCCCCCCCCCCCCCCCC. The first-order valence-electron chi connectivity index (χ1n) is 29.8. The van der Waals surface area contributed by atoms with E-state index in [4.69, 9.17) is 23.3 Å². The smallest absolute Gasteiger partial charge is 0.462 e. The number of unbranched alkanes of at least 4 members (excludes halogenated alkanes) is 26. The van der Waals surface area contributed by atoms with Crippen LogP contribution in [0.3, 0.4) is 0 Å². The molecule has 0 saturated carbocycles. The van der Waals surface area contributed by atoms with E-state index in [9.17, 15) is 28.9 Å². The first-order chi connectivity index (χ1) is 36.2. The largest absolute Gasteiger partial charge is 0.472 e. The van der Waals surface area contributed by atoms with E-state index in [-0.39, 0.29) is 25.9 Å². The Kier molecular flexibility index (Phi) is 53.8. The Morgan fingerprint density at radius 3 is 1.11 bits per heavy atom. The first-order valence-corrected chi connectivity index (χ1v) is 31.3. The molecular weight excluding hydrogens is 952 g/mol. The topological polar surface area (TPSA) is 155 Å². The molecule has 0 fully saturated rings. The lowest BCUT2D eigenvalue weighted by Crippen LogP contribution is -2.30. The molecule has 0 rings (SSSR count). The molecule has 11 nitrogen and oxygen atoms in total. The number of esters is 3. The average Bonchev–Trinajstić information content (AvgIpc) is 3.39. The molecule has 428 valence electrons. The summed E-state index contributed by atoms with van der Waals surface area (Å²) in [5, 5.41) is 9.83. The van der Waals surface area contributed by atoms with Gasteiger partial charge in [0.15, 0.2) is 6.10 Å². The highest BCUT2D eigenvalue weighted by Crippen LogP contribution is 2.43. The van der Waals surface area contributed by atoms with Crippen molar-refractivity contribution in [3.63, 3.8) is 0 Å². The zero-order valence-corrected chi connectivity index (χ0v) is 48.2. The minimum atomic E-state index is -4.76. The minimum Gasteiger partial charge on any atom is -0.462 e. The molecule has 0 heterocycles. The van der Waals surface area contributed by atoms with Crippen LogP contribution in [0.25, 0.3) is 0 Å². The molecule has 2 N–H and O–H groups in total. The van der Waals surface area contributed by atoms with Crippen molar-refractivity contribution in [3.05, 3.63) is 72.9 Å². The number of aliphatic hydroxyl groups is 1. The molecule has 0 radical (unpaired) electrons. The fourth-order valence-corrected chi connectivity index (χ4v) is 8.87. The molecule has 0 aliphatic carbocycles. The quantitative estimate of drug-likeness (QED) is 0.0197. The second-order valence-electron chi connectivity index (χ2n) is 19.8. The summed E-state index contributed by atoms with van der Waals surface area (Å²) >= 11 is 0. The van der Waals surface area contributed by atoms with E-state index in [1.54, 1.807) is 0 Å². The molecule has 0 spiro atoms. The number of phosphoric ester groups is 1. The highest BCUT2D eigenvalue weighted by atomic mass is 31.2.